The fraction of sp³-hybridized carbons (Fsp3) is 0.308. The molecule has 0 bridgehead atoms. The van der Waals surface area contributed by atoms with Crippen molar-refractivity contribution in [2.24, 2.45) is 7.05 Å². The van der Waals surface area contributed by atoms with Gasteiger partial charge >= 0.3 is 6.18 Å². The van der Waals surface area contributed by atoms with Crippen LogP contribution in [-0.2, 0) is 19.6 Å². The van der Waals surface area contributed by atoms with Crippen LogP contribution in [0.15, 0.2) is 18.2 Å². The Morgan fingerprint density at radius 3 is 2.50 bits per heavy atom. The van der Waals surface area contributed by atoms with Gasteiger partial charge in [-0.2, -0.15) is 18.3 Å². The number of nitrogens with two attached hydrogens (primary N) is 1. The Balaban J connectivity index is 2.66. The molecule has 1 aromatic heterocycles. The SMILES string of the molecule is CCc1c(-c2cc(C(F)(F)F)ccc2F)nn(C)c1N. The summed E-state index contributed by atoms with van der Waals surface area (Å²) in [6.45, 7) is 1.78. The van der Waals surface area contributed by atoms with Crippen LogP contribution in [0.3, 0.4) is 0 Å². The Labute approximate surface area is 113 Å². The molecule has 2 aromatic rings. The van der Waals surface area contributed by atoms with Crippen LogP contribution in [0.5, 0.6) is 0 Å². The number of halogens is 4. The summed E-state index contributed by atoms with van der Waals surface area (Å²) in [5, 5.41) is 4.02. The van der Waals surface area contributed by atoms with E-state index in [9.17, 15) is 17.6 Å². The normalized spacial score (nSPS) is 11.9. The van der Waals surface area contributed by atoms with Gasteiger partial charge in [-0.25, -0.2) is 4.39 Å². The lowest BCUT2D eigenvalue weighted by Crippen LogP contribution is -2.05. The van der Waals surface area contributed by atoms with Crippen molar-refractivity contribution < 1.29 is 17.6 Å². The Bertz CT molecular complexity index is 644. The van der Waals surface area contributed by atoms with E-state index in [2.05, 4.69) is 5.10 Å². The summed E-state index contributed by atoms with van der Waals surface area (Å²) < 4.78 is 53.3. The molecule has 0 fully saturated rings. The Kier molecular flexibility index (Phi) is 3.45. The van der Waals surface area contributed by atoms with Crippen LogP contribution in [0.4, 0.5) is 23.4 Å². The minimum Gasteiger partial charge on any atom is -0.384 e. The van der Waals surface area contributed by atoms with E-state index >= 15 is 0 Å². The van der Waals surface area contributed by atoms with E-state index in [0.29, 0.717) is 23.9 Å². The predicted molar refractivity (Wildman–Crippen MR) is 67.4 cm³/mol. The summed E-state index contributed by atoms with van der Waals surface area (Å²) in [4.78, 5) is 0. The fourth-order valence-corrected chi connectivity index (χ4v) is 2.03. The number of hydrogen-bond acceptors (Lipinski definition) is 2. The fourth-order valence-electron chi connectivity index (χ4n) is 2.03. The maximum absolute atomic E-state index is 13.8. The van der Waals surface area contributed by atoms with Gasteiger partial charge in [0.1, 0.15) is 17.3 Å². The van der Waals surface area contributed by atoms with E-state index in [1.165, 1.54) is 4.68 Å². The first-order valence-electron chi connectivity index (χ1n) is 5.94. The molecule has 2 rings (SSSR count). The van der Waals surface area contributed by atoms with Gasteiger partial charge in [0.15, 0.2) is 0 Å². The van der Waals surface area contributed by atoms with E-state index in [0.717, 1.165) is 12.1 Å². The number of hydrogen-bond donors (Lipinski definition) is 1. The van der Waals surface area contributed by atoms with Crippen molar-refractivity contribution in [3.8, 4) is 11.3 Å². The summed E-state index contributed by atoms with van der Waals surface area (Å²) in [6, 6.07) is 2.26. The highest BCUT2D eigenvalue weighted by molar-refractivity contribution is 5.69. The summed E-state index contributed by atoms with van der Waals surface area (Å²) in [5.74, 6) is -0.440. The van der Waals surface area contributed by atoms with E-state index in [1.54, 1.807) is 14.0 Å². The van der Waals surface area contributed by atoms with Crippen molar-refractivity contribution in [1.82, 2.24) is 9.78 Å². The smallest absolute Gasteiger partial charge is 0.384 e. The standard InChI is InChI=1S/C13H13F4N3/c1-3-8-11(19-20(2)12(8)18)9-6-7(13(15,16)17)4-5-10(9)14/h4-6H,3,18H2,1-2H3. The lowest BCUT2D eigenvalue weighted by Gasteiger charge is -2.09. The highest BCUT2D eigenvalue weighted by atomic mass is 19.4. The maximum Gasteiger partial charge on any atom is 0.416 e. The number of nitrogens with zero attached hydrogens (tertiary/aromatic N) is 2. The quantitative estimate of drug-likeness (QED) is 0.860. The van der Waals surface area contributed by atoms with Gasteiger partial charge in [0.25, 0.3) is 0 Å². The number of anilines is 1. The molecule has 0 saturated carbocycles. The molecule has 7 heteroatoms. The minimum atomic E-state index is -4.53. The zero-order valence-corrected chi connectivity index (χ0v) is 10.9. The molecule has 1 aromatic carbocycles. The molecule has 0 radical (unpaired) electrons. The first-order chi connectivity index (χ1) is 9.25. The molecule has 1 heterocycles. The lowest BCUT2D eigenvalue weighted by atomic mass is 10.0. The van der Waals surface area contributed by atoms with Crippen LogP contribution >= 0.6 is 0 Å². The molecule has 0 aliphatic carbocycles. The van der Waals surface area contributed by atoms with E-state index in [-0.39, 0.29) is 11.3 Å². The van der Waals surface area contributed by atoms with Crippen molar-refractivity contribution in [3.05, 3.63) is 35.1 Å². The molecule has 0 aliphatic heterocycles. The minimum absolute atomic E-state index is 0.149. The molecule has 108 valence electrons. The molecule has 0 atom stereocenters. The van der Waals surface area contributed by atoms with Crippen LogP contribution in [0.2, 0.25) is 0 Å². The van der Waals surface area contributed by atoms with Gasteiger partial charge in [0.05, 0.1) is 5.56 Å². The highest BCUT2D eigenvalue weighted by Crippen LogP contribution is 2.35. The lowest BCUT2D eigenvalue weighted by molar-refractivity contribution is -0.137. The van der Waals surface area contributed by atoms with Crippen molar-refractivity contribution in [2.45, 2.75) is 19.5 Å². The van der Waals surface area contributed by atoms with Gasteiger partial charge in [0.2, 0.25) is 0 Å². The molecule has 2 N–H and O–H groups in total. The van der Waals surface area contributed by atoms with Crippen molar-refractivity contribution in [1.29, 1.82) is 0 Å². The van der Waals surface area contributed by atoms with Crippen LogP contribution in [-0.4, -0.2) is 9.78 Å². The molecule has 0 saturated heterocycles. The van der Waals surface area contributed by atoms with Crippen LogP contribution in [0.25, 0.3) is 11.3 Å². The summed E-state index contributed by atoms with van der Waals surface area (Å²) in [7, 11) is 1.56. The summed E-state index contributed by atoms with van der Waals surface area (Å²) in [6.07, 6.45) is -4.08. The number of nitrogen functional groups attached to an aromatic ring is 1. The molecule has 20 heavy (non-hydrogen) atoms. The monoisotopic (exact) mass is 287 g/mol. The van der Waals surface area contributed by atoms with Gasteiger partial charge in [-0.1, -0.05) is 6.92 Å². The molecule has 0 spiro atoms. The molecular formula is C13H13F4N3. The van der Waals surface area contributed by atoms with Gasteiger partial charge in [-0.05, 0) is 24.6 Å². The number of benzene rings is 1. The second-order valence-corrected chi connectivity index (χ2v) is 4.38. The highest BCUT2D eigenvalue weighted by Gasteiger charge is 2.32. The third-order valence-corrected chi connectivity index (χ3v) is 3.10. The predicted octanol–water partition coefficient (Wildman–Crippen LogP) is 3.39. The van der Waals surface area contributed by atoms with Crippen LogP contribution in [0.1, 0.15) is 18.1 Å². The first kappa shape index (κ1) is 14.4. The average Bonchev–Trinajstić information content (AvgIpc) is 2.64. The van der Waals surface area contributed by atoms with Gasteiger partial charge in [0, 0.05) is 18.2 Å². The maximum atomic E-state index is 13.8. The number of aryl methyl sites for hydroxylation is 1. The molecule has 0 amide bonds. The van der Waals surface area contributed by atoms with E-state index in [1.807, 2.05) is 0 Å². The zero-order valence-electron chi connectivity index (χ0n) is 10.9. The summed E-state index contributed by atoms with van der Waals surface area (Å²) in [5.41, 5.74) is 5.36. The van der Waals surface area contributed by atoms with Crippen molar-refractivity contribution in [3.63, 3.8) is 0 Å². The molecule has 3 nitrogen and oxygen atoms in total. The number of aromatic nitrogens is 2. The average molecular weight is 287 g/mol. The van der Waals surface area contributed by atoms with Crippen molar-refractivity contribution in [2.75, 3.05) is 5.73 Å². The van der Waals surface area contributed by atoms with E-state index < -0.39 is 17.6 Å². The first-order valence-corrected chi connectivity index (χ1v) is 5.94. The van der Waals surface area contributed by atoms with Gasteiger partial charge < -0.3 is 5.73 Å². The Morgan fingerprint density at radius 1 is 1.30 bits per heavy atom. The molecular weight excluding hydrogens is 274 g/mol. The molecule has 0 aliphatic rings. The molecule has 0 unspecified atom stereocenters. The van der Waals surface area contributed by atoms with Crippen LogP contribution in [0, 0.1) is 5.82 Å². The third kappa shape index (κ3) is 2.35. The third-order valence-electron chi connectivity index (χ3n) is 3.10. The van der Waals surface area contributed by atoms with E-state index in [4.69, 9.17) is 5.73 Å². The van der Waals surface area contributed by atoms with Gasteiger partial charge in [-0.3, -0.25) is 4.68 Å². The second-order valence-electron chi connectivity index (χ2n) is 4.38. The summed E-state index contributed by atoms with van der Waals surface area (Å²) >= 11 is 0. The second kappa shape index (κ2) is 4.81. The number of alkyl halides is 3. The zero-order chi connectivity index (χ0) is 15.1. The Morgan fingerprint density at radius 2 is 1.95 bits per heavy atom. The van der Waals surface area contributed by atoms with Crippen LogP contribution < -0.4 is 5.73 Å². The Hall–Kier alpha value is -2.05. The topological polar surface area (TPSA) is 43.8 Å². The number of rotatable bonds is 2. The largest absolute Gasteiger partial charge is 0.416 e. The van der Waals surface area contributed by atoms with Gasteiger partial charge in [-0.15, -0.1) is 0 Å². The van der Waals surface area contributed by atoms with Crippen molar-refractivity contribution >= 4 is 5.82 Å².